The van der Waals surface area contributed by atoms with Gasteiger partial charge in [0, 0.05) is 23.7 Å². The highest BCUT2D eigenvalue weighted by Crippen LogP contribution is 2.31. The van der Waals surface area contributed by atoms with Crippen molar-refractivity contribution in [3.63, 3.8) is 0 Å². The van der Waals surface area contributed by atoms with Crippen LogP contribution in [0.5, 0.6) is 0 Å². The van der Waals surface area contributed by atoms with Crippen molar-refractivity contribution in [2.45, 2.75) is 49.5 Å². The molecule has 1 aliphatic carbocycles. The molecule has 14 heavy (non-hydrogen) atoms. The molecule has 3 unspecified atom stereocenters. The lowest BCUT2D eigenvalue weighted by Crippen LogP contribution is -2.31. The van der Waals surface area contributed by atoms with Crippen LogP contribution in [0, 0.1) is 0 Å². The van der Waals surface area contributed by atoms with Gasteiger partial charge in [-0.3, -0.25) is 0 Å². The van der Waals surface area contributed by atoms with Crippen LogP contribution in [0.3, 0.4) is 0 Å². The van der Waals surface area contributed by atoms with E-state index >= 15 is 0 Å². The Morgan fingerprint density at radius 3 is 2.93 bits per heavy atom. The minimum absolute atomic E-state index is 0.554. The molecule has 3 heteroatoms. The van der Waals surface area contributed by atoms with Gasteiger partial charge in [0.2, 0.25) is 0 Å². The van der Waals surface area contributed by atoms with Crippen molar-refractivity contribution in [2.75, 3.05) is 19.4 Å². The van der Waals surface area contributed by atoms with E-state index in [9.17, 15) is 0 Å². The first-order chi connectivity index (χ1) is 6.90. The zero-order chi connectivity index (χ0) is 9.80. The van der Waals surface area contributed by atoms with Crippen molar-refractivity contribution < 1.29 is 4.74 Å². The molecule has 0 spiro atoms. The van der Waals surface area contributed by atoms with Crippen LogP contribution in [-0.2, 0) is 4.74 Å². The second kappa shape index (κ2) is 5.38. The lowest BCUT2D eigenvalue weighted by Gasteiger charge is -2.19. The fourth-order valence-electron chi connectivity index (χ4n) is 2.46. The molecule has 0 aromatic rings. The number of nitrogens with one attached hydrogen (secondary N) is 1. The second-order valence-corrected chi connectivity index (χ2v) is 5.61. The summed E-state index contributed by atoms with van der Waals surface area (Å²) >= 11 is 2.13. The summed E-state index contributed by atoms with van der Waals surface area (Å²) in [5, 5.41) is 4.26. The zero-order valence-electron chi connectivity index (χ0n) is 9.00. The Kier molecular flexibility index (Phi) is 4.14. The van der Waals surface area contributed by atoms with E-state index in [4.69, 9.17) is 4.74 Å². The minimum atomic E-state index is 0.554. The van der Waals surface area contributed by atoms with E-state index in [1.54, 1.807) is 0 Å². The highest BCUT2D eigenvalue weighted by Gasteiger charge is 2.27. The van der Waals surface area contributed by atoms with Crippen LogP contribution in [0.15, 0.2) is 0 Å². The summed E-state index contributed by atoms with van der Waals surface area (Å²) in [6.45, 7) is 0.991. The second-order valence-electron chi connectivity index (χ2n) is 4.33. The summed E-state index contributed by atoms with van der Waals surface area (Å²) in [5.74, 6) is 1.21. The monoisotopic (exact) mass is 215 g/mol. The molecule has 1 heterocycles. The number of thioether (sulfide) groups is 1. The van der Waals surface area contributed by atoms with Gasteiger partial charge >= 0.3 is 0 Å². The maximum absolute atomic E-state index is 5.64. The van der Waals surface area contributed by atoms with Gasteiger partial charge in [-0.25, -0.2) is 0 Å². The Morgan fingerprint density at radius 2 is 2.21 bits per heavy atom. The number of ether oxygens (including phenoxy) is 1. The molecule has 0 bridgehead atoms. The Morgan fingerprint density at radius 1 is 1.29 bits per heavy atom. The van der Waals surface area contributed by atoms with Crippen LogP contribution in [0.2, 0.25) is 0 Å². The van der Waals surface area contributed by atoms with E-state index in [1.165, 1.54) is 37.9 Å². The number of hydrogen-bond acceptors (Lipinski definition) is 3. The molecular formula is C11H21NOS. The molecule has 1 saturated carbocycles. The summed E-state index contributed by atoms with van der Waals surface area (Å²) in [6, 6.07) is 0.751. The standard InChI is InChI=1S/C11H21NOS/c1-12-10-5-2-6-11(10)14-8-9-4-3-7-13-9/h9-12H,2-8H2,1H3. The molecule has 1 aliphatic heterocycles. The molecule has 2 aliphatic rings. The Hall–Kier alpha value is 0.270. The van der Waals surface area contributed by atoms with E-state index in [2.05, 4.69) is 24.1 Å². The average Bonchev–Trinajstić information content (AvgIpc) is 2.85. The summed E-state index contributed by atoms with van der Waals surface area (Å²) in [4.78, 5) is 0. The van der Waals surface area contributed by atoms with Crippen LogP contribution >= 0.6 is 11.8 Å². The van der Waals surface area contributed by atoms with Crippen LogP contribution in [0.1, 0.15) is 32.1 Å². The average molecular weight is 215 g/mol. The minimum Gasteiger partial charge on any atom is -0.377 e. The maximum atomic E-state index is 5.64. The van der Waals surface area contributed by atoms with E-state index in [0.717, 1.165) is 17.9 Å². The lowest BCUT2D eigenvalue weighted by molar-refractivity contribution is 0.128. The largest absolute Gasteiger partial charge is 0.377 e. The first-order valence-corrected chi connectivity index (χ1v) is 6.85. The van der Waals surface area contributed by atoms with E-state index < -0.39 is 0 Å². The number of rotatable bonds is 4. The van der Waals surface area contributed by atoms with E-state index in [0.29, 0.717) is 6.10 Å². The normalized spacial score (nSPS) is 37.9. The molecule has 3 atom stereocenters. The predicted octanol–water partition coefficient (Wildman–Crippen LogP) is 2.04. The summed E-state index contributed by atoms with van der Waals surface area (Å²) in [7, 11) is 2.09. The molecular weight excluding hydrogens is 194 g/mol. The van der Waals surface area contributed by atoms with Crippen LogP contribution in [-0.4, -0.2) is 36.8 Å². The predicted molar refractivity (Wildman–Crippen MR) is 61.9 cm³/mol. The van der Waals surface area contributed by atoms with Gasteiger partial charge in [-0.1, -0.05) is 6.42 Å². The fraction of sp³-hybridized carbons (Fsp3) is 1.00. The molecule has 0 amide bonds. The van der Waals surface area contributed by atoms with Gasteiger partial charge in [0.1, 0.15) is 0 Å². The van der Waals surface area contributed by atoms with Crippen molar-refractivity contribution in [3.8, 4) is 0 Å². The third-order valence-electron chi connectivity index (χ3n) is 3.34. The Bertz CT molecular complexity index is 171. The molecule has 2 rings (SSSR count). The van der Waals surface area contributed by atoms with E-state index in [1.807, 2.05) is 0 Å². The van der Waals surface area contributed by atoms with Crippen molar-refractivity contribution in [3.05, 3.63) is 0 Å². The molecule has 0 aromatic carbocycles. The molecule has 0 radical (unpaired) electrons. The maximum Gasteiger partial charge on any atom is 0.0666 e. The number of hydrogen-bond donors (Lipinski definition) is 1. The quantitative estimate of drug-likeness (QED) is 0.775. The highest BCUT2D eigenvalue weighted by atomic mass is 32.2. The molecule has 82 valence electrons. The van der Waals surface area contributed by atoms with Gasteiger partial charge in [-0.05, 0) is 32.7 Å². The zero-order valence-corrected chi connectivity index (χ0v) is 9.81. The van der Waals surface area contributed by atoms with E-state index in [-0.39, 0.29) is 0 Å². The molecule has 0 aromatic heterocycles. The van der Waals surface area contributed by atoms with Crippen LogP contribution < -0.4 is 5.32 Å². The van der Waals surface area contributed by atoms with Gasteiger partial charge in [-0.2, -0.15) is 11.8 Å². The SMILES string of the molecule is CNC1CCCC1SCC1CCCO1. The fourth-order valence-corrected chi connectivity index (χ4v) is 4.02. The van der Waals surface area contributed by atoms with Gasteiger partial charge in [0.15, 0.2) is 0 Å². The lowest BCUT2D eigenvalue weighted by atomic mass is 10.2. The first-order valence-electron chi connectivity index (χ1n) is 5.80. The molecule has 1 saturated heterocycles. The summed E-state index contributed by atoms with van der Waals surface area (Å²) < 4.78 is 5.64. The van der Waals surface area contributed by atoms with Crippen molar-refractivity contribution in [2.24, 2.45) is 0 Å². The van der Waals surface area contributed by atoms with Gasteiger partial charge < -0.3 is 10.1 Å². The summed E-state index contributed by atoms with van der Waals surface area (Å²) in [5.41, 5.74) is 0. The van der Waals surface area contributed by atoms with Crippen LogP contribution in [0.25, 0.3) is 0 Å². The van der Waals surface area contributed by atoms with Crippen molar-refractivity contribution >= 4 is 11.8 Å². The van der Waals surface area contributed by atoms with Crippen molar-refractivity contribution in [1.29, 1.82) is 0 Å². The highest BCUT2D eigenvalue weighted by molar-refractivity contribution is 8.00. The topological polar surface area (TPSA) is 21.3 Å². The summed E-state index contributed by atoms with van der Waals surface area (Å²) in [6.07, 6.45) is 7.25. The third-order valence-corrected chi connectivity index (χ3v) is 4.90. The molecule has 2 nitrogen and oxygen atoms in total. The molecule has 1 N–H and O–H groups in total. The Balaban J connectivity index is 1.68. The third kappa shape index (κ3) is 2.65. The van der Waals surface area contributed by atoms with Gasteiger partial charge in [0.25, 0.3) is 0 Å². The van der Waals surface area contributed by atoms with Gasteiger partial charge in [-0.15, -0.1) is 0 Å². The van der Waals surface area contributed by atoms with Gasteiger partial charge in [0.05, 0.1) is 6.10 Å². The Labute approximate surface area is 91.2 Å². The van der Waals surface area contributed by atoms with Crippen molar-refractivity contribution in [1.82, 2.24) is 5.32 Å². The van der Waals surface area contributed by atoms with Crippen LogP contribution in [0.4, 0.5) is 0 Å². The molecule has 2 fully saturated rings. The smallest absolute Gasteiger partial charge is 0.0666 e. The first kappa shape index (κ1) is 10.8.